The van der Waals surface area contributed by atoms with Crippen LogP contribution in [0, 0.1) is 0 Å². The van der Waals surface area contributed by atoms with Crippen LogP contribution in [0.2, 0.25) is 0 Å². The molecule has 0 saturated carbocycles. The maximum Gasteiger partial charge on any atom is 0.246 e. The van der Waals surface area contributed by atoms with Gasteiger partial charge in [0.05, 0.1) is 0 Å². The predicted molar refractivity (Wildman–Crippen MR) is 97.5 cm³/mol. The first kappa shape index (κ1) is 16.3. The third-order valence-corrected chi connectivity index (χ3v) is 4.58. The molecule has 1 aromatic heterocycles. The summed E-state index contributed by atoms with van der Waals surface area (Å²) in [4.78, 5) is 30.0. The predicted octanol–water partition coefficient (Wildman–Crippen LogP) is 1.70. The van der Waals surface area contributed by atoms with Crippen molar-refractivity contribution in [3.05, 3.63) is 54.6 Å². The standard InChI is InChI=1S/C19H19N5O2/c1-14-11-23(15-7-3-2-4-8-15)18(25)12-22(14)19(26)13-24-20-16-9-5-6-10-17(16)21-24/h2-10,14H,11-13H2,1H3/t14-/m0/s1. The molecule has 2 amide bonds. The van der Waals surface area contributed by atoms with Crippen LogP contribution >= 0.6 is 0 Å². The van der Waals surface area contributed by atoms with Crippen molar-refractivity contribution in [3.63, 3.8) is 0 Å². The van der Waals surface area contributed by atoms with Crippen molar-refractivity contribution in [1.82, 2.24) is 19.9 Å². The van der Waals surface area contributed by atoms with Gasteiger partial charge in [-0.2, -0.15) is 15.0 Å². The van der Waals surface area contributed by atoms with Gasteiger partial charge in [0, 0.05) is 18.3 Å². The van der Waals surface area contributed by atoms with Gasteiger partial charge in [-0.05, 0) is 31.2 Å². The van der Waals surface area contributed by atoms with Crippen LogP contribution in [0.1, 0.15) is 6.92 Å². The van der Waals surface area contributed by atoms with Gasteiger partial charge in [0.2, 0.25) is 11.8 Å². The largest absolute Gasteiger partial charge is 0.327 e. The van der Waals surface area contributed by atoms with E-state index in [4.69, 9.17) is 0 Å². The molecule has 0 unspecified atom stereocenters. The fourth-order valence-corrected chi connectivity index (χ4v) is 3.23. The number of hydrogen-bond acceptors (Lipinski definition) is 4. The van der Waals surface area contributed by atoms with Gasteiger partial charge in [-0.25, -0.2) is 0 Å². The van der Waals surface area contributed by atoms with Crippen molar-refractivity contribution in [1.29, 1.82) is 0 Å². The molecule has 132 valence electrons. The van der Waals surface area contributed by atoms with E-state index in [1.807, 2.05) is 61.5 Å². The van der Waals surface area contributed by atoms with Gasteiger partial charge in [0.1, 0.15) is 24.1 Å². The number of amides is 2. The van der Waals surface area contributed by atoms with Crippen molar-refractivity contribution in [3.8, 4) is 0 Å². The number of para-hydroxylation sites is 1. The zero-order valence-electron chi connectivity index (χ0n) is 14.4. The highest BCUT2D eigenvalue weighted by Crippen LogP contribution is 2.20. The highest BCUT2D eigenvalue weighted by molar-refractivity contribution is 5.98. The minimum atomic E-state index is -0.154. The molecule has 4 rings (SSSR count). The Bertz CT molecular complexity index is 920. The SMILES string of the molecule is C[C@H]1CN(c2ccccc2)C(=O)CN1C(=O)Cn1nc2ccccc2n1. The van der Waals surface area contributed by atoms with Crippen LogP contribution in [0.15, 0.2) is 54.6 Å². The van der Waals surface area contributed by atoms with Crippen LogP contribution in [0.4, 0.5) is 5.69 Å². The summed E-state index contributed by atoms with van der Waals surface area (Å²) in [6, 6.07) is 16.9. The van der Waals surface area contributed by atoms with Gasteiger partial charge in [-0.3, -0.25) is 9.59 Å². The maximum absolute atomic E-state index is 12.7. The fourth-order valence-electron chi connectivity index (χ4n) is 3.23. The maximum atomic E-state index is 12.7. The van der Waals surface area contributed by atoms with Gasteiger partial charge in [0.15, 0.2) is 0 Å². The van der Waals surface area contributed by atoms with Crippen molar-refractivity contribution >= 4 is 28.5 Å². The van der Waals surface area contributed by atoms with Crippen molar-refractivity contribution < 1.29 is 9.59 Å². The normalized spacial score (nSPS) is 17.7. The average Bonchev–Trinajstić information content (AvgIpc) is 3.06. The molecular formula is C19H19N5O2. The van der Waals surface area contributed by atoms with E-state index in [9.17, 15) is 9.59 Å². The molecule has 1 aliphatic rings. The number of carbonyl (C=O) groups is 2. The molecule has 1 fully saturated rings. The monoisotopic (exact) mass is 349 g/mol. The highest BCUT2D eigenvalue weighted by Gasteiger charge is 2.33. The van der Waals surface area contributed by atoms with Crippen molar-refractivity contribution in [2.75, 3.05) is 18.0 Å². The number of aromatic nitrogens is 3. The summed E-state index contributed by atoms with van der Waals surface area (Å²) in [6.07, 6.45) is 0. The number of anilines is 1. The molecule has 1 saturated heterocycles. The molecule has 0 spiro atoms. The van der Waals surface area contributed by atoms with E-state index in [-0.39, 0.29) is 30.9 Å². The number of piperazine rings is 1. The second-order valence-electron chi connectivity index (χ2n) is 6.43. The fraction of sp³-hybridized carbons (Fsp3) is 0.263. The first-order chi connectivity index (χ1) is 12.6. The number of nitrogens with zero attached hydrogens (tertiary/aromatic N) is 5. The lowest BCUT2D eigenvalue weighted by Gasteiger charge is -2.39. The summed E-state index contributed by atoms with van der Waals surface area (Å²) in [5.74, 6) is -0.236. The Morgan fingerprint density at radius 2 is 1.65 bits per heavy atom. The molecule has 0 aliphatic carbocycles. The molecule has 0 radical (unpaired) electrons. The van der Waals surface area contributed by atoms with Gasteiger partial charge in [-0.1, -0.05) is 30.3 Å². The molecule has 1 atom stereocenters. The molecule has 2 aromatic carbocycles. The second kappa shape index (κ2) is 6.59. The van der Waals surface area contributed by atoms with E-state index >= 15 is 0 Å². The third kappa shape index (κ3) is 3.03. The molecule has 7 heteroatoms. The quantitative estimate of drug-likeness (QED) is 0.721. The molecule has 2 heterocycles. The summed E-state index contributed by atoms with van der Waals surface area (Å²) in [6.45, 7) is 2.52. The van der Waals surface area contributed by atoms with E-state index in [1.165, 1.54) is 4.80 Å². The zero-order valence-corrected chi connectivity index (χ0v) is 14.4. The Hall–Kier alpha value is -3.22. The minimum absolute atomic E-state index is 0.0254. The number of rotatable bonds is 3. The number of benzene rings is 2. The topological polar surface area (TPSA) is 71.3 Å². The van der Waals surface area contributed by atoms with E-state index in [0.29, 0.717) is 6.54 Å². The lowest BCUT2D eigenvalue weighted by atomic mass is 10.1. The Balaban J connectivity index is 1.48. The van der Waals surface area contributed by atoms with Crippen molar-refractivity contribution in [2.45, 2.75) is 19.5 Å². The third-order valence-electron chi connectivity index (χ3n) is 4.58. The first-order valence-electron chi connectivity index (χ1n) is 8.56. The van der Waals surface area contributed by atoms with Crippen LogP contribution in [0.25, 0.3) is 11.0 Å². The van der Waals surface area contributed by atoms with Crippen LogP contribution in [-0.2, 0) is 16.1 Å². The molecule has 0 N–H and O–H groups in total. The van der Waals surface area contributed by atoms with Crippen LogP contribution < -0.4 is 4.90 Å². The van der Waals surface area contributed by atoms with Gasteiger partial charge < -0.3 is 9.80 Å². The molecule has 0 bridgehead atoms. The lowest BCUT2D eigenvalue weighted by Crippen LogP contribution is -2.57. The Morgan fingerprint density at radius 3 is 2.31 bits per heavy atom. The summed E-state index contributed by atoms with van der Waals surface area (Å²) in [5.41, 5.74) is 2.35. The lowest BCUT2D eigenvalue weighted by molar-refractivity contribution is -0.140. The summed E-state index contributed by atoms with van der Waals surface area (Å²) in [7, 11) is 0. The molecule has 26 heavy (non-hydrogen) atoms. The van der Waals surface area contributed by atoms with E-state index < -0.39 is 0 Å². The summed E-state index contributed by atoms with van der Waals surface area (Å²) in [5, 5.41) is 8.63. The molecule has 3 aromatic rings. The minimum Gasteiger partial charge on any atom is -0.327 e. The van der Waals surface area contributed by atoms with Crippen LogP contribution in [0.5, 0.6) is 0 Å². The summed E-state index contributed by atoms with van der Waals surface area (Å²) < 4.78 is 0. The van der Waals surface area contributed by atoms with Crippen LogP contribution in [-0.4, -0.2) is 50.8 Å². The van der Waals surface area contributed by atoms with E-state index in [0.717, 1.165) is 16.7 Å². The average molecular weight is 349 g/mol. The van der Waals surface area contributed by atoms with Gasteiger partial charge >= 0.3 is 0 Å². The Kier molecular flexibility index (Phi) is 4.12. The number of carbonyl (C=O) groups excluding carboxylic acids is 2. The van der Waals surface area contributed by atoms with Crippen molar-refractivity contribution in [2.24, 2.45) is 0 Å². The molecular weight excluding hydrogens is 330 g/mol. The Labute approximate surface area is 150 Å². The van der Waals surface area contributed by atoms with Crippen LogP contribution in [0.3, 0.4) is 0 Å². The number of fused-ring (bicyclic) bond motifs is 1. The van der Waals surface area contributed by atoms with Gasteiger partial charge in [0.25, 0.3) is 0 Å². The highest BCUT2D eigenvalue weighted by atomic mass is 16.2. The van der Waals surface area contributed by atoms with E-state index in [1.54, 1.807) is 9.80 Å². The molecule has 1 aliphatic heterocycles. The second-order valence-corrected chi connectivity index (χ2v) is 6.43. The molecule has 7 nitrogen and oxygen atoms in total. The Morgan fingerprint density at radius 1 is 1.04 bits per heavy atom. The zero-order chi connectivity index (χ0) is 18.1. The first-order valence-corrected chi connectivity index (χ1v) is 8.56. The number of hydrogen-bond donors (Lipinski definition) is 0. The summed E-state index contributed by atoms with van der Waals surface area (Å²) >= 11 is 0. The van der Waals surface area contributed by atoms with Gasteiger partial charge in [-0.15, -0.1) is 0 Å². The smallest absolute Gasteiger partial charge is 0.246 e. The van der Waals surface area contributed by atoms with E-state index in [2.05, 4.69) is 10.2 Å².